The molecule has 1 aliphatic heterocycles. The van der Waals surface area contributed by atoms with E-state index in [0.717, 1.165) is 13.0 Å². The Labute approximate surface area is 153 Å². The number of halogens is 1. The summed E-state index contributed by atoms with van der Waals surface area (Å²) in [5.41, 5.74) is 0.334. The fraction of sp³-hybridized carbons (Fsp3) is 0.667. The highest BCUT2D eigenvalue weighted by Crippen LogP contribution is 2.26. The first-order valence-corrected chi connectivity index (χ1v) is 9.39. The first-order chi connectivity index (χ1) is 12.1. The largest absolute Gasteiger partial charge is 0.465 e. The molecule has 2 N–H and O–H groups in total. The van der Waals surface area contributed by atoms with Gasteiger partial charge in [0, 0.05) is 31.4 Å². The number of rotatable bonds is 4. The van der Waals surface area contributed by atoms with Crippen LogP contribution in [-0.4, -0.2) is 54.4 Å². The number of carbonyl (C=O) groups is 1. The number of hydrogen-bond acceptors (Lipinski definition) is 6. The van der Waals surface area contributed by atoms with E-state index in [9.17, 15) is 9.90 Å². The highest BCUT2D eigenvalue weighted by Gasteiger charge is 2.32. The highest BCUT2D eigenvalue weighted by atomic mass is 35.5. The van der Waals surface area contributed by atoms with E-state index in [0.29, 0.717) is 29.0 Å². The second-order valence-electron chi connectivity index (χ2n) is 6.93. The van der Waals surface area contributed by atoms with E-state index in [2.05, 4.69) is 10.3 Å². The van der Waals surface area contributed by atoms with Gasteiger partial charge in [0.25, 0.3) is 0 Å². The lowest BCUT2D eigenvalue weighted by Crippen LogP contribution is -2.55. The summed E-state index contributed by atoms with van der Waals surface area (Å²) < 4.78 is 4.83. The Morgan fingerprint density at radius 1 is 1.36 bits per heavy atom. The molecule has 0 spiro atoms. The van der Waals surface area contributed by atoms with Crippen LogP contribution in [0, 0.1) is 0 Å². The van der Waals surface area contributed by atoms with Crippen molar-refractivity contribution < 1.29 is 14.6 Å². The number of nitrogens with zero attached hydrogens (tertiary/aromatic N) is 2. The molecule has 1 saturated carbocycles. The number of anilines is 1. The van der Waals surface area contributed by atoms with Crippen molar-refractivity contribution in [2.75, 3.05) is 25.1 Å². The second-order valence-corrected chi connectivity index (χ2v) is 7.36. The molecule has 138 valence electrons. The van der Waals surface area contributed by atoms with Crippen molar-refractivity contribution in [2.24, 2.45) is 0 Å². The molecule has 3 rings (SSSR count). The predicted octanol–water partition coefficient (Wildman–Crippen LogP) is 2.38. The van der Waals surface area contributed by atoms with Crippen LogP contribution in [0.15, 0.2) is 12.3 Å². The number of ether oxygens (including phenoxy) is 1. The number of pyridine rings is 1. The number of esters is 1. The van der Waals surface area contributed by atoms with Crippen molar-refractivity contribution in [3.05, 3.63) is 22.8 Å². The van der Waals surface area contributed by atoms with E-state index < -0.39 is 12.1 Å². The molecule has 1 aromatic rings. The molecule has 6 nitrogen and oxygen atoms in total. The Morgan fingerprint density at radius 3 is 2.80 bits per heavy atom. The molecule has 0 bridgehead atoms. The fourth-order valence-electron chi connectivity index (χ4n) is 3.83. The minimum atomic E-state index is -0.501. The maximum absolute atomic E-state index is 12.0. The number of nitrogens with one attached hydrogen (secondary N) is 1. The van der Waals surface area contributed by atoms with Crippen molar-refractivity contribution >= 4 is 23.4 Å². The van der Waals surface area contributed by atoms with Crippen molar-refractivity contribution in [2.45, 2.75) is 56.7 Å². The van der Waals surface area contributed by atoms with Gasteiger partial charge in [-0.2, -0.15) is 0 Å². The van der Waals surface area contributed by atoms with E-state index in [4.69, 9.17) is 16.3 Å². The molecular formula is C18H26ClN3O3. The Morgan fingerprint density at radius 2 is 2.12 bits per heavy atom. The van der Waals surface area contributed by atoms with Crippen molar-refractivity contribution in [3.63, 3.8) is 0 Å². The van der Waals surface area contributed by atoms with E-state index in [-0.39, 0.29) is 6.04 Å². The summed E-state index contributed by atoms with van der Waals surface area (Å²) >= 11 is 5.97. The van der Waals surface area contributed by atoms with Gasteiger partial charge in [-0.3, -0.25) is 0 Å². The van der Waals surface area contributed by atoms with Crippen LogP contribution in [0.4, 0.5) is 5.82 Å². The zero-order chi connectivity index (χ0) is 17.8. The number of aliphatic hydroxyl groups excluding tert-OH is 1. The minimum Gasteiger partial charge on any atom is -0.465 e. The topological polar surface area (TPSA) is 74.7 Å². The Kier molecular flexibility index (Phi) is 6.15. The minimum absolute atomic E-state index is 0.0910. The van der Waals surface area contributed by atoms with Gasteiger partial charge in [-0.25, -0.2) is 9.78 Å². The number of β-amino-alcohol motifs (C(OH)–C–C–N with tert-alkyl or cyclic N) is 1. The molecular weight excluding hydrogens is 342 g/mol. The summed E-state index contributed by atoms with van der Waals surface area (Å²) in [6, 6.07) is 2.17. The van der Waals surface area contributed by atoms with Crippen molar-refractivity contribution in [1.82, 2.24) is 10.3 Å². The Hall–Kier alpha value is -1.37. The standard InChI is InChI=1S/C18H26ClN3O3/c1-25-18(24)14-9-12(19)10-20-17(14)22-8-7-15(16(23)11-22)21-13-5-3-2-4-6-13/h9-10,13,15-16,21,23H,2-8,11H2,1H3/t15?,16-/m0/s1. The number of piperidine rings is 1. The summed E-state index contributed by atoms with van der Waals surface area (Å²) in [5, 5.41) is 14.6. The van der Waals surface area contributed by atoms with Gasteiger partial charge < -0.3 is 20.1 Å². The zero-order valence-corrected chi connectivity index (χ0v) is 15.3. The van der Waals surface area contributed by atoms with E-state index in [1.54, 1.807) is 6.07 Å². The maximum atomic E-state index is 12.0. The molecule has 2 atom stereocenters. The SMILES string of the molecule is COC(=O)c1cc(Cl)cnc1N1CCC(NC2CCCCC2)[C@@H](O)C1. The number of hydrogen-bond donors (Lipinski definition) is 2. The predicted molar refractivity (Wildman–Crippen MR) is 97.2 cm³/mol. The highest BCUT2D eigenvalue weighted by molar-refractivity contribution is 6.30. The molecule has 1 saturated heterocycles. The summed E-state index contributed by atoms with van der Waals surface area (Å²) in [6.07, 6.45) is 8.06. The van der Waals surface area contributed by atoms with Crippen LogP contribution in [0.5, 0.6) is 0 Å². The monoisotopic (exact) mass is 367 g/mol. The number of aromatic nitrogens is 1. The first-order valence-electron chi connectivity index (χ1n) is 9.01. The van der Waals surface area contributed by atoms with Gasteiger partial charge in [0.05, 0.1) is 18.2 Å². The van der Waals surface area contributed by atoms with Gasteiger partial charge in [-0.05, 0) is 25.3 Å². The maximum Gasteiger partial charge on any atom is 0.341 e. The van der Waals surface area contributed by atoms with Crippen LogP contribution in [0.1, 0.15) is 48.9 Å². The Bertz CT molecular complexity index is 607. The third-order valence-electron chi connectivity index (χ3n) is 5.18. The fourth-order valence-corrected chi connectivity index (χ4v) is 3.99. The molecule has 1 aromatic heterocycles. The quantitative estimate of drug-likeness (QED) is 0.796. The molecule has 2 heterocycles. The summed E-state index contributed by atoms with van der Waals surface area (Å²) in [7, 11) is 1.34. The molecule has 2 aliphatic rings. The molecule has 0 radical (unpaired) electrons. The van der Waals surface area contributed by atoms with E-state index >= 15 is 0 Å². The normalized spacial score (nSPS) is 25.0. The lowest BCUT2D eigenvalue weighted by atomic mass is 9.92. The van der Waals surface area contributed by atoms with Gasteiger partial charge in [0.2, 0.25) is 0 Å². The number of carbonyl (C=O) groups excluding carboxylic acids is 1. The van der Waals surface area contributed by atoms with Crippen molar-refractivity contribution in [3.8, 4) is 0 Å². The van der Waals surface area contributed by atoms with Crippen LogP contribution in [0.2, 0.25) is 5.02 Å². The van der Waals surface area contributed by atoms with Gasteiger partial charge in [-0.15, -0.1) is 0 Å². The summed E-state index contributed by atoms with van der Waals surface area (Å²) in [5.74, 6) is 0.0494. The average molecular weight is 368 g/mol. The lowest BCUT2D eigenvalue weighted by molar-refractivity contribution is 0.0599. The smallest absolute Gasteiger partial charge is 0.341 e. The third kappa shape index (κ3) is 4.43. The molecule has 0 aromatic carbocycles. The Balaban J connectivity index is 1.67. The second kappa shape index (κ2) is 8.34. The summed E-state index contributed by atoms with van der Waals surface area (Å²) in [6.45, 7) is 1.16. The lowest BCUT2D eigenvalue weighted by Gasteiger charge is -2.39. The van der Waals surface area contributed by atoms with Crippen LogP contribution >= 0.6 is 11.6 Å². The molecule has 1 unspecified atom stereocenters. The molecule has 25 heavy (non-hydrogen) atoms. The van der Waals surface area contributed by atoms with Gasteiger partial charge in [-0.1, -0.05) is 30.9 Å². The van der Waals surface area contributed by atoms with Gasteiger partial charge in [0.15, 0.2) is 0 Å². The van der Waals surface area contributed by atoms with Gasteiger partial charge >= 0.3 is 5.97 Å². The van der Waals surface area contributed by atoms with E-state index in [1.807, 2.05) is 4.90 Å². The van der Waals surface area contributed by atoms with Crippen LogP contribution < -0.4 is 10.2 Å². The third-order valence-corrected chi connectivity index (χ3v) is 5.38. The molecule has 0 amide bonds. The number of methoxy groups -OCH3 is 1. The van der Waals surface area contributed by atoms with Crippen LogP contribution in [0.25, 0.3) is 0 Å². The van der Waals surface area contributed by atoms with E-state index in [1.165, 1.54) is 45.4 Å². The molecule has 1 aliphatic carbocycles. The zero-order valence-electron chi connectivity index (χ0n) is 14.6. The first kappa shape index (κ1) is 18.4. The average Bonchev–Trinajstić information content (AvgIpc) is 2.63. The van der Waals surface area contributed by atoms with Gasteiger partial charge in [0.1, 0.15) is 11.4 Å². The molecule has 2 fully saturated rings. The number of aliphatic hydroxyl groups is 1. The van der Waals surface area contributed by atoms with Crippen molar-refractivity contribution in [1.29, 1.82) is 0 Å². The summed E-state index contributed by atoms with van der Waals surface area (Å²) in [4.78, 5) is 18.3. The molecule has 7 heteroatoms. The van der Waals surface area contributed by atoms with Crippen LogP contribution in [0.3, 0.4) is 0 Å². The van der Waals surface area contributed by atoms with Crippen LogP contribution in [-0.2, 0) is 4.74 Å².